The predicted octanol–water partition coefficient (Wildman–Crippen LogP) is 4.52. The third-order valence-corrected chi connectivity index (χ3v) is 3.04. The molecule has 0 aliphatic rings. The van der Waals surface area contributed by atoms with Crippen LogP contribution in [0.1, 0.15) is 17.3 Å². The van der Waals surface area contributed by atoms with Crippen molar-refractivity contribution in [1.29, 1.82) is 0 Å². The summed E-state index contributed by atoms with van der Waals surface area (Å²) >= 11 is 0. The van der Waals surface area contributed by atoms with Crippen LogP contribution in [-0.4, -0.2) is 22.9 Å². The molecule has 134 valence electrons. The Labute approximate surface area is 137 Å². The van der Waals surface area contributed by atoms with Gasteiger partial charge >= 0.3 is 12.4 Å². The maximum atomic E-state index is 13.0. The second-order valence-electron chi connectivity index (χ2n) is 5.01. The molecule has 0 fully saturated rings. The number of hydrogen-bond donors (Lipinski definition) is 0. The van der Waals surface area contributed by atoms with E-state index in [2.05, 4.69) is 19.5 Å². The number of rotatable bonds is 4. The van der Waals surface area contributed by atoms with Gasteiger partial charge in [-0.25, -0.2) is 4.85 Å². The van der Waals surface area contributed by atoms with E-state index in [1.165, 1.54) is 6.92 Å². The van der Waals surface area contributed by atoms with Crippen LogP contribution in [0.15, 0.2) is 22.7 Å². The molecule has 25 heavy (non-hydrogen) atoms. The number of aryl methyl sites for hydroxylation is 1. The van der Waals surface area contributed by atoms with Gasteiger partial charge in [0.25, 0.3) is 0 Å². The van der Waals surface area contributed by atoms with Crippen LogP contribution in [-0.2, 0) is 12.7 Å². The molecule has 0 radical (unpaired) electrons. The molecule has 1 aromatic heterocycles. The minimum Gasteiger partial charge on any atom is -0.355 e. The third-order valence-electron chi connectivity index (χ3n) is 3.04. The van der Waals surface area contributed by atoms with Gasteiger partial charge in [-0.1, -0.05) is 11.2 Å². The van der Waals surface area contributed by atoms with Crippen molar-refractivity contribution >= 4 is 11.4 Å². The third kappa shape index (κ3) is 4.85. The Morgan fingerprint density at radius 1 is 1.20 bits per heavy atom. The number of aromatic nitrogens is 2. The fourth-order valence-corrected chi connectivity index (χ4v) is 2.08. The average Bonchev–Trinajstić information content (AvgIpc) is 2.89. The SMILES string of the molecule is [C-]#[N+]c1ccc(N(Cc2noc(C)n2)CC(F)(F)F)cc1C(F)(F)F. The van der Waals surface area contributed by atoms with E-state index in [0.717, 1.165) is 12.1 Å². The normalized spacial score (nSPS) is 12.1. The molecule has 2 aromatic rings. The van der Waals surface area contributed by atoms with Crippen LogP contribution in [0, 0.1) is 13.5 Å². The van der Waals surface area contributed by atoms with Gasteiger partial charge in [-0.05, 0) is 12.1 Å². The van der Waals surface area contributed by atoms with E-state index in [4.69, 9.17) is 6.57 Å². The van der Waals surface area contributed by atoms with Crippen LogP contribution in [0.2, 0.25) is 0 Å². The highest BCUT2D eigenvalue weighted by atomic mass is 19.4. The summed E-state index contributed by atoms with van der Waals surface area (Å²) in [5.74, 6) is 0.00542. The Bertz CT molecular complexity index is 790. The lowest BCUT2D eigenvalue weighted by Crippen LogP contribution is -2.34. The summed E-state index contributed by atoms with van der Waals surface area (Å²) in [6, 6.07) is 2.35. The highest BCUT2D eigenvalue weighted by molar-refractivity contribution is 5.62. The molecule has 1 aromatic carbocycles. The Morgan fingerprint density at radius 2 is 1.88 bits per heavy atom. The second kappa shape index (κ2) is 6.62. The molecule has 0 unspecified atom stereocenters. The molecule has 0 N–H and O–H groups in total. The zero-order valence-electron chi connectivity index (χ0n) is 12.6. The highest BCUT2D eigenvalue weighted by Gasteiger charge is 2.36. The first-order chi connectivity index (χ1) is 11.5. The molecule has 0 aliphatic carbocycles. The molecule has 0 aliphatic heterocycles. The van der Waals surface area contributed by atoms with Crippen molar-refractivity contribution in [1.82, 2.24) is 10.1 Å². The van der Waals surface area contributed by atoms with Gasteiger partial charge in [0.2, 0.25) is 5.89 Å². The molecule has 1 heterocycles. The Kier molecular flexibility index (Phi) is 4.92. The van der Waals surface area contributed by atoms with Crippen LogP contribution in [0.4, 0.5) is 37.7 Å². The molecule has 0 amide bonds. The van der Waals surface area contributed by atoms with Crippen LogP contribution < -0.4 is 4.90 Å². The lowest BCUT2D eigenvalue weighted by atomic mass is 10.1. The summed E-state index contributed by atoms with van der Waals surface area (Å²) in [6.07, 6.45) is -9.54. The number of halogens is 6. The van der Waals surface area contributed by atoms with Gasteiger partial charge in [-0.15, -0.1) is 0 Å². The number of anilines is 1. The van der Waals surface area contributed by atoms with Gasteiger partial charge in [0.15, 0.2) is 11.5 Å². The lowest BCUT2D eigenvalue weighted by molar-refractivity contribution is -0.136. The Morgan fingerprint density at radius 3 is 2.36 bits per heavy atom. The second-order valence-corrected chi connectivity index (χ2v) is 5.01. The molecule has 11 heteroatoms. The molecule has 0 spiro atoms. The number of alkyl halides is 6. The van der Waals surface area contributed by atoms with Crippen molar-refractivity contribution in [2.75, 3.05) is 11.4 Å². The topological polar surface area (TPSA) is 46.5 Å². The van der Waals surface area contributed by atoms with E-state index in [1.807, 2.05) is 0 Å². The summed E-state index contributed by atoms with van der Waals surface area (Å²) in [4.78, 5) is 7.13. The fourth-order valence-electron chi connectivity index (χ4n) is 2.08. The number of nitrogens with zero attached hydrogens (tertiary/aromatic N) is 4. The first-order valence-electron chi connectivity index (χ1n) is 6.69. The van der Waals surface area contributed by atoms with E-state index in [-0.39, 0.29) is 17.4 Å². The van der Waals surface area contributed by atoms with Gasteiger partial charge < -0.3 is 9.42 Å². The smallest absolute Gasteiger partial charge is 0.355 e. The minimum atomic E-state index is -4.87. The van der Waals surface area contributed by atoms with Crippen LogP contribution in [0.5, 0.6) is 0 Å². The molecule has 5 nitrogen and oxygen atoms in total. The summed E-state index contributed by atoms with van der Waals surface area (Å²) in [7, 11) is 0. The van der Waals surface area contributed by atoms with E-state index in [1.54, 1.807) is 0 Å². The zero-order chi connectivity index (χ0) is 18.8. The molecule has 0 saturated carbocycles. The number of hydrogen-bond acceptors (Lipinski definition) is 4. The van der Waals surface area contributed by atoms with Crippen LogP contribution in [0.3, 0.4) is 0 Å². The number of benzene rings is 1. The fraction of sp³-hybridized carbons (Fsp3) is 0.357. The van der Waals surface area contributed by atoms with Crippen molar-refractivity contribution in [2.24, 2.45) is 0 Å². The summed E-state index contributed by atoms with van der Waals surface area (Å²) in [5.41, 5.74) is -2.37. The first-order valence-corrected chi connectivity index (χ1v) is 6.69. The maximum Gasteiger partial charge on any atom is 0.407 e. The van der Waals surface area contributed by atoms with Gasteiger partial charge in [-0.3, -0.25) is 0 Å². The van der Waals surface area contributed by atoms with Crippen molar-refractivity contribution in [3.05, 3.63) is 46.9 Å². The summed E-state index contributed by atoms with van der Waals surface area (Å²) < 4.78 is 82.1. The largest absolute Gasteiger partial charge is 0.407 e. The monoisotopic (exact) mass is 364 g/mol. The summed E-state index contributed by atoms with van der Waals surface area (Å²) in [5, 5.41) is 3.45. The van der Waals surface area contributed by atoms with Crippen molar-refractivity contribution in [3.63, 3.8) is 0 Å². The quantitative estimate of drug-likeness (QED) is 0.591. The zero-order valence-corrected chi connectivity index (χ0v) is 12.6. The minimum absolute atomic E-state index is 0.107. The maximum absolute atomic E-state index is 13.0. The van der Waals surface area contributed by atoms with Gasteiger partial charge in [-0.2, -0.15) is 31.3 Å². The van der Waals surface area contributed by atoms with E-state index >= 15 is 0 Å². The molecular formula is C14H10F6N4O. The molecule has 0 saturated heterocycles. The van der Waals surface area contributed by atoms with E-state index < -0.39 is 36.7 Å². The van der Waals surface area contributed by atoms with Gasteiger partial charge in [0.1, 0.15) is 6.54 Å². The van der Waals surface area contributed by atoms with Crippen molar-refractivity contribution in [2.45, 2.75) is 25.8 Å². The molecule has 0 atom stereocenters. The highest BCUT2D eigenvalue weighted by Crippen LogP contribution is 2.39. The standard InChI is InChI=1S/C14H10F6N4O/c1-8-22-12(23-25-8)6-24(7-13(15,16)17)9-3-4-11(21-2)10(5-9)14(18,19)20/h3-5H,6-7H2,1H3. The van der Waals surface area contributed by atoms with Gasteiger partial charge in [0.05, 0.1) is 18.7 Å². The average molecular weight is 364 g/mol. The molecule has 2 rings (SSSR count). The predicted molar refractivity (Wildman–Crippen MR) is 73.8 cm³/mol. The van der Waals surface area contributed by atoms with E-state index in [9.17, 15) is 26.3 Å². The summed E-state index contributed by atoms with van der Waals surface area (Å²) in [6.45, 7) is 6.17. The van der Waals surface area contributed by atoms with E-state index in [0.29, 0.717) is 11.0 Å². The van der Waals surface area contributed by atoms with Crippen molar-refractivity contribution in [3.8, 4) is 0 Å². The van der Waals surface area contributed by atoms with Gasteiger partial charge in [0, 0.05) is 12.6 Å². The van der Waals surface area contributed by atoms with Crippen LogP contribution in [0.25, 0.3) is 4.85 Å². The molecule has 0 bridgehead atoms. The lowest BCUT2D eigenvalue weighted by Gasteiger charge is -2.25. The molecular weight excluding hydrogens is 354 g/mol. The van der Waals surface area contributed by atoms with Crippen molar-refractivity contribution < 1.29 is 30.9 Å². The Hall–Kier alpha value is -2.77. The van der Waals surface area contributed by atoms with Crippen LogP contribution >= 0.6 is 0 Å². The Balaban J connectivity index is 2.44. The first kappa shape index (κ1) is 18.6.